The molecule has 2 N–H and O–H groups in total. The summed E-state index contributed by atoms with van der Waals surface area (Å²) >= 11 is 0. The number of hydrogen-bond donors (Lipinski definition) is 2. The zero-order chi connectivity index (χ0) is 15.9. The summed E-state index contributed by atoms with van der Waals surface area (Å²) < 4.78 is 0. The quantitative estimate of drug-likeness (QED) is 0.838. The van der Waals surface area contributed by atoms with Crippen LogP contribution < -0.4 is 5.32 Å². The number of carboxylic acids is 1. The maximum atomic E-state index is 12.5. The lowest BCUT2D eigenvalue weighted by Crippen LogP contribution is -2.46. The summed E-state index contributed by atoms with van der Waals surface area (Å²) in [6, 6.07) is 0.201. The van der Waals surface area contributed by atoms with Gasteiger partial charge in [-0.15, -0.1) is 0 Å². The molecule has 0 bridgehead atoms. The Hall–Kier alpha value is -1.06. The lowest BCUT2D eigenvalue weighted by Gasteiger charge is -2.38. The van der Waals surface area contributed by atoms with E-state index in [0.717, 1.165) is 12.8 Å². The van der Waals surface area contributed by atoms with Gasteiger partial charge >= 0.3 is 5.97 Å². The van der Waals surface area contributed by atoms with E-state index in [1.807, 2.05) is 13.8 Å². The molecule has 0 spiro atoms. The Balaban J connectivity index is 2.03. The zero-order valence-corrected chi connectivity index (χ0v) is 13.8. The maximum absolute atomic E-state index is 12.5. The predicted molar refractivity (Wildman–Crippen MR) is 81.7 cm³/mol. The maximum Gasteiger partial charge on any atom is 0.307 e. The standard InChI is InChI=1S/C17H29NO3/c1-9(2)11-7-6-10(3)8-12(11)18-15(19)13-14(16(20)21)17(13,4)5/h9-14H,6-8H2,1-5H3,(H,18,19)(H,20,21)/t10?,11?,12?,13-,14+/m1/s1. The minimum Gasteiger partial charge on any atom is -0.481 e. The SMILES string of the molecule is CC1CCC(C(C)C)C(NC(=O)[C@H]2[C@@H](C(=O)O)C2(C)C)C1. The summed E-state index contributed by atoms with van der Waals surface area (Å²) in [7, 11) is 0. The summed E-state index contributed by atoms with van der Waals surface area (Å²) in [5.74, 6) is -0.126. The van der Waals surface area contributed by atoms with Crippen LogP contribution in [0.3, 0.4) is 0 Å². The highest BCUT2D eigenvalue weighted by Crippen LogP contribution is 2.58. The third-order valence-corrected chi connectivity index (χ3v) is 5.73. The molecule has 4 nitrogen and oxygen atoms in total. The molecule has 5 atom stereocenters. The van der Waals surface area contributed by atoms with E-state index in [1.54, 1.807) is 0 Å². The first kappa shape index (κ1) is 16.3. The van der Waals surface area contributed by atoms with Crippen molar-refractivity contribution < 1.29 is 14.7 Å². The van der Waals surface area contributed by atoms with Crippen LogP contribution in [0.4, 0.5) is 0 Å². The monoisotopic (exact) mass is 295 g/mol. The van der Waals surface area contributed by atoms with E-state index in [2.05, 4.69) is 26.1 Å². The molecule has 2 rings (SSSR count). The van der Waals surface area contributed by atoms with Gasteiger partial charge in [-0.2, -0.15) is 0 Å². The van der Waals surface area contributed by atoms with Gasteiger partial charge in [-0.05, 0) is 36.0 Å². The van der Waals surface area contributed by atoms with Crippen LogP contribution in [0.25, 0.3) is 0 Å². The van der Waals surface area contributed by atoms with E-state index in [0.29, 0.717) is 17.8 Å². The van der Waals surface area contributed by atoms with Gasteiger partial charge in [0, 0.05) is 6.04 Å². The molecule has 2 saturated carbocycles. The summed E-state index contributed by atoms with van der Waals surface area (Å²) in [6.45, 7) is 10.4. The Morgan fingerprint density at radius 2 is 1.81 bits per heavy atom. The van der Waals surface area contributed by atoms with E-state index >= 15 is 0 Å². The van der Waals surface area contributed by atoms with Gasteiger partial charge in [-0.3, -0.25) is 9.59 Å². The first-order valence-electron chi connectivity index (χ1n) is 8.19. The number of aliphatic carboxylic acids is 1. The summed E-state index contributed by atoms with van der Waals surface area (Å²) in [5.41, 5.74) is -0.413. The second-order valence-corrected chi connectivity index (χ2v) is 8.06. The Kier molecular flexibility index (Phi) is 4.36. The molecule has 2 aliphatic carbocycles. The van der Waals surface area contributed by atoms with Crippen LogP contribution in [0.1, 0.15) is 53.9 Å². The van der Waals surface area contributed by atoms with Crippen LogP contribution in [0.15, 0.2) is 0 Å². The molecular formula is C17H29NO3. The Bertz CT molecular complexity index is 430. The Labute approximate surface area is 127 Å². The van der Waals surface area contributed by atoms with Gasteiger partial charge in [0.2, 0.25) is 5.91 Å². The number of hydrogen-bond acceptors (Lipinski definition) is 2. The normalized spacial score (nSPS) is 38.1. The molecule has 2 fully saturated rings. The van der Waals surface area contributed by atoms with Crippen molar-refractivity contribution in [2.45, 2.75) is 59.9 Å². The molecule has 2 aliphatic rings. The fraction of sp³-hybridized carbons (Fsp3) is 0.882. The van der Waals surface area contributed by atoms with Gasteiger partial charge in [0.05, 0.1) is 11.8 Å². The van der Waals surface area contributed by atoms with Crippen molar-refractivity contribution >= 4 is 11.9 Å². The van der Waals surface area contributed by atoms with Gasteiger partial charge in [0.15, 0.2) is 0 Å². The van der Waals surface area contributed by atoms with Crippen molar-refractivity contribution in [1.29, 1.82) is 0 Å². The molecule has 3 unspecified atom stereocenters. The van der Waals surface area contributed by atoms with Gasteiger partial charge < -0.3 is 10.4 Å². The molecule has 1 amide bonds. The average molecular weight is 295 g/mol. The van der Waals surface area contributed by atoms with Crippen LogP contribution in [-0.2, 0) is 9.59 Å². The number of carbonyl (C=O) groups excluding carboxylic acids is 1. The Morgan fingerprint density at radius 3 is 2.29 bits per heavy atom. The number of amides is 1. The summed E-state index contributed by atoms with van der Waals surface area (Å²) in [5, 5.41) is 12.4. The summed E-state index contributed by atoms with van der Waals surface area (Å²) in [4.78, 5) is 23.7. The first-order valence-corrected chi connectivity index (χ1v) is 8.19. The van der Waals surface area contributed by atoms with Crippen LogP contribution in [-0.4, -0.2) is 23.0 Å². The fourth-order valence-corrected chi connectivity index (χ4v) is 4.23. The van der Waals surface area contributed by atoms with Gasteiger partial charge in [-0.25, -0.2) is 0 Å². The molecule has 0 aromatic rings. The first-order chi connectivity index (χ1) is 9.66. The number of rotatable bonds is 4. The van der Waals surface area contributed by atoms with Crippen molar-refractivity contribution in [2.75, 3.05) is 0 Å². The van der Waals surface area contributed by atoms with Crippen molar-refractivity contribution in [3.63, 3.8) is 0 Å². The predicted octanol–water partition coefficient (Wildman–Crippen LogP) is 2.92. The highest BCUT2D eigenvalue weighted by atomic mass is 16.4. The third kappa shape index (κ3) is 3.09. The molecular weight excluding hydrogens is 266 g/mol. The smallest absolute Gasteiger partial charge is 0.307 e. The van der Waals surface area contributed by atoms with Crippen LogP contribution in [0.5, 0.6) is 0 Å². The molecule has 0 aromatic carbocycles. The molecule has 0 saturated heterocycles. The Morgan fingerprint density at radius 1 is 1.19 bits per heavy atom. The second-order valence-electron chi connectivity index (χ2n) is 8.06. The number of carbonyl (C=O) groups is 2. The highest BCUT2D eigenvalue weighted by molar-refractivity contribution is 5.91. The van der Waals surface area contributed by atoms with E-state index in [4.69, 9.17) is 0 Å². The van der Waals surface area contributed by atoms with E-state index in [-0.39, 0.29) is 17.9 Å². The van der Waals surface area contributed by atoms with Crippen molar-refractivity contribution in [3.8, 4) is 0 Å². The molecule has 0 heterocycles. The molecule has 0 aliphatic heterocycles. The second kappa shape index (κ2) is 5.62. The van der Waals surface area contributed by atoms with E-state index < -0.39 is 17.3 Å². The zero-order valence-electron chi connectivity index (χ0n) is 13.8. The summed E-state index contributed by atoms with van der Waals surface area (Å²) in [6.07, 6.45) is 3.39. The minimum absolute atomic E-state index is 0.0582. The van der Waals surface area contributed by atoms with Gasteiger partial charge in [0.25, 0.3) is 0 Å². The number of carboxylic acid groups (broad SMARTS) is 1. The van der Waals surface area contributed by atoms with Crippen molar-refractivity contribution in [2.24, 2.45) is 35.0 Å². The number of nitrogens with one attached hydrogen (secondary N) is 1. The topological polar surface area (TPSA) is 66.4 Å². The molecule has 0 radical (unpaired) electrons. The van der Waals surface area contributed by atoms with E-state index in [9.17, 15) is 14.7 Å². The molecule has 120 valence electrons. The van der Waals surface area contributed by atoms with Crippen LogP contribution >= 0.6 is 0 Å². The average Bonchev–Trinajstić information content (AvgIpc) is 2.92. The largest absolute Gasteiger partial charge is 0.481 e. The van der Waals surface area contributed by atoms with E-state index in [1.165, 1.54) is 6.42 Å². The molecule has 21 heavy (non-hydrogen) atoms. The lowest BCUT2D eigenvalue weighted by atomic mass is 9.74. The molecule has 4 heteroatoms. The van der Waals surface area contributed by atoms with Gasteiger partial charge in [0.1, 0.15) is 0 Å². The minimum atomic E-state index is -0.849. The van der Waals surface area contributed by atoms with Crippen molar-refractivity contribution in [1.82, 2.24) is 5.32 Å². The van der Waals surface area contributed by atoms with Gasteiger partial charge in [-0.1, -0.05) is 41.0 Å². The van der Waals surface area contributed by atoms with Crippen LogP contribution in [0, 0.1) is 35.0 Å². The molecule has 0 aromatic heterocycles. The van der Waals surface area contributed by atoms with Crippen molar-refractivity contribution in [3.05, 3.63) is 0 Å². The highest BCUT2D eigenvalue weighted by Gasteiger charge is 2.66. The lowest BCUT2D eigenvalue weighted by molar-refractivity contribution is -0.140. The third-order valence-electron chi connectivity index (χ3n) is 5.73. The fourth-order valence-electron chi connectivity index (χ4n) is 4.23. The van der Waals surface area contributed by atoms with Crippen LogP contribution in [0.2, 0.25) is 0 Å².